The molecule has 3 aromatic rings. The van der Waals surface area contributed by atoms with Crippen LogP contribution in [0.4, 0.5) is 0 Å². The van der Waals surface area contributed by atoms with Gasteiger partial charge in [-0.25, -0.2) is 0 Å². The van der Waals surface area contributed by atoms with Gasteiger partial charge >= 0.3 is 0 Å². The third-order valence-electron chi connectivity index (χ3n) is 4.26. The maximum absolute atomic E-state index is 13.1. The summed E-state index contributed by atoms with van der Waals surface area (Å²) in [7, 11) is 0. The lowest BCUT2D eigenvalue weighted by Gasteiger charge is -2.18. The Kier molecular flexibility index (Phi) is 5.76. The minimum absolute atomic E-state index is 0.0397. The van der Waals surface area contributed by atoms with Gasteiger partial charge in [0.15, 0.2) is 5.78 Å². The average molecular weight is 330 g/mol. The summed E-state index contributed by atoms with van der Waals surface area (Å²) in [6.07, 6.45) is 0.0737. The maximum atomic E-state index is 13.1. The van der Waals surface area contributed by atoms with Gasteiger partial charge in [0.2, 0.25) is 0 Å². The van der Waals surface area contributed by atoms with Crippen molar-refractivity contribution in [1.29, 1.82) is 0 Å². The molecule has 25 heavy (non-hydrogen) atoms. The molecule has 0 N–H and O–H groups in total. The number of benzene rings is 3. The van der Waals surface area contributed by atoms with Crippen molar-refractivity contribution in [3.8, 4) is 0 Å². The van der Waals surface area contributed by atoms with E-state index in [-0.39, 0.29) is 5.78 Å². The Bertz CT molecular complexity index is 810. The monoisotopic (exact) mass is 330 g/mol. The number of ketones is 1. The fourth-order valence-corrected chi connectivity index (χ4v) is 2.85. The Morgan fingerprint density at radius 3 is 2.00 bits per heavy atom. The molecule has 0 spiro atoms. The first-order valence-electron chi connectivity index (χ1n) is 8.53. The lowest BCUT2D eigenvalue weighted by molar-refractivity contribution is 0.0341. The first-order chi connectivity index (χ1) is 12.2. The van der Waals surface area contributed by atoms with Gasteiger partial charge in [-0.15, -0.1) is 0 Å². The molecule has 0 unspecified atom stereocenters. The standard InChI is InChI=1S/C23H22O2/c1-18-10-8-9-15-21(18)23(24)22(16-19-11-4-2-5-12-19)25-17-20-13-6-3-7-14-20/h2-15,22H,16-17H2,1H3/t22-/m0/s1. The van der Waals surface area contributed by atoms with Crippen LogP contribution in [0.5, 0.6) is 0 Å². The normalized spacial score (nSPS) is 11.9. The zero-order valence-electron chi connectivity index (χ0n) is 14.4. The van der Waals surface area contributed by atoms with Gasteiger partial charge in [0.05, 0.1) is 6.61 Å². The molecular weight excluding hydrogens is 308 g/mol. The van der Waals surface area contributed by atoms with Crippen LogP contribution >= 0.6 is 0 Å². The van der Waals surface area contributed by atoms with Crippen LogP contribution in [0.3, 0.4) is 0 Å². The minimum atomic E-state index is -0.497. The summed E-state index contributed by atoms with van der Waals surface area (Å²) in [4.78, 5) is 13.1. The molecule has 0 aliphatic rings. The number of hydrogen-bond donors (Lipinski definition) is 0. The van der Waals surface area contributed by atoms with E-state index in [1.54, 1.807) is 0 Å². The van der Waals surface area contributed by atoms with Crippen LogP contribution in [0.25, 0.3) is 0 Å². The van der Waals surface area contributed by atoms with Crippen LogP contribution in [0.15, 0.2) is 84.9 Å². The number of rotatable bonds is 7. The molecule has 0 saturated carbocycles. The van der Waals surface area contributed by atoms with E-state index in [1.165, 1.54) is 0 Å². The smallest absolute Gasteiger partial charge is 0.192 e. The van der Waals surface area contributed by atoms with Crippen LogP contribution in [0, 0.1) is 6.92 Å². The molecule has 0 aliphatic heterocycles. The van der Waals surface area contributed by atoms with Gasteiger partial charge in [-0.3, -0.25) is 4.79 Å². The Morgan fingerprint density at radius 2 is 1.36 bits per heavy atom. The maximum Gasteiger partial charge on any atom is 0.192 e. The zero-order chi connectivity index (χ0) is 17.5. The molecule has 0 amide bonds. The second kappa shape index (κ2) is 8.41. The van der Waals surface area contributed by atoms with Crippen LogP contribution in [-0.4, -0.2) is 11.9 Å². The van der Waals surface area contributed by atoms with Crippen molar-refractivity contribution in [2.45, 2.75) is 26.1 Å². The molecule has 126 valence electrons. The first-order valence-corrected chi connectivity index (χ1v) is 8.53. The van der Waals surface area contributed by atoms with Gasteiger partial charge in [-0.2, -0.15) is 0 Å². The first kappa shape index (κ1) is 17.1. The number of Topliss-reactive ketones (excluding diaryl/α,β-unsaturated/α-hetero) is 1. The Hall–Kier alpha value is -2.71. The predicted molar refractivity (Wildman–Crippen MR) is 101 cm³/mol. The Morgan fingerprint density at radius 1 is 0.800 bits per heavy atom. The highest BCUT2D eigenvalue weighted by atomic mass is 16.5. The van der Waals surface area contributed by atoms with E-state index in [4.69, 9.17) is 4.74 Å². The van der Waals surface area contributed by atoms with Crippen molar-refractivity contribution in [1.82, 2.24) is 0 Å². The van der Waals surface area contributed by atoms with E-state index >= 15 is 0 Å². The summed E-state index contributed by atoms with van der Waals surface area (Å²) in [6, 6.07) is 27.7. The van der Waals surface area contributed by atoms with E-state index in [0.717, 1.165) is 22.3 Å². The molecule has 0 aliphatic carbocycles. The van der Waals surface area contributed by atoms with Gasteiger partial charge in [0.1, 0.15) is 6.10 Å². The zero-order valence-corrected chi connectivity index (χ0v) is 14.4. The molecule has 0 radical (unpaired) electrons. The highest BCUT2D eigenvalue weighted by molar-refractivity contribution is 6.00. The highest BCUT2D eigenvalue weighted by Gasteiger charge is 2.22. The van der Waals surface area contributed by atoms with E-state index in [9.17, 15) is 4.79 Å². The van der Waals surface area contributed by atoms with E-state index in [2.05, 4.69) is 0 Å². The van der Waals surface area contributed by atoms with Gasteiger partial charge in [-0.05, 0) is 23.6 Å². The molecule has 2 nitrogen and oxygen atoms in total. The molecule has 0 bridgehead atoms. The van der Waals surface area contributed by atoms with Crippen molar-refractivity contribution in [2.24, 2.45) is 0 Å². The van der Waals surface area contributed by atoms with Crippen LogP contribution < -0.4 is 0 Å². The van der Waals surface area contributed by atoms with Gasteiger partial charge in [-0.1, -0.05) is 84.9 Å². The largest absolute Gasteiger partial charge is 0.365 e. The fraction of sp³-hybridized carbons (Fsp3) is 0.174. The molecule has 3 rings (SSSR count). The van der Waals surface area contributed by atoms with Crippen molar-refractivity contribution >= 4 is 5.78 Å². The third kappa shape index (κ3) is 4.65. The second-order valence-electron chi connectivity index (χ2n) is 6.15. The van der Waals surface area contributed by atoms with Crippen molar-refractivity contribution in [3.63, 3.8) is 0 Å². The molecule has 2 heteroatoms. The minimum Gasteiger partial charge on any atom is -0.365 e. The molecule has 1 atom stereocenters. The van der Waals surface area contributed by atoms with Crippen molar-refractivity contribution in [2.75, 3.05) is 0 Å². The number of ether oxygens (including phenoxy) is 1. The van der Waals surface area contributed by atoms with Crippen LogP contribution in [0.1, 0.15) is 27.0 Å². The topological polar surface area (TPSA) is 26.3 Å². The summed E-state index contributed by atoms with van der Waals surface area (Å²) >= 11 is 0. The second-order valence-corrected chi connectivity index (χ2v) is 6.15. The summed E-state index contributed by atoms with van der Waals surface area (Å²) in [5, 5.41) is 0. The summed E-state index contributed by atoms with van der Waals surface area (Å²) in [5.41, 5.74) is 3.88. The van der Waals surface area contributed by atoms with E-state index in [1.807, 2.05) is 91.9 Å². The number of carbonyl (C=O) groups excluding carboxylic acids is 1. The van der Waals surface area contributed by atoms with E-state index in [0.29, 0.717) is 13.0 Å². The molecule has 0 saturated heterocycles. The van der Waals surface area contributed by atoms with Crippen molar-refractivity contribution < 1.29 is 9.53 Å². The molecule has 0 heterocycles. The van der Waals surface area contributed by atoms with Gasteiger partial charge in [0, 0.05) is 12.0 Å². The fourth-order valence-electron chi connectivity index (χ4n) is 2.85. The summed E-state index contributed by atoms with van der Waals surface area (Å²) < 4.78 is 6.05. The average Bonchev–Trinajstić information content (AvgIpc) is 2.66. The molecular formula is C23H22O2. The number of aryl methyl sites for hydroxylation is 1. The quantitative estimate of drug-likeness (QED) is 0.570. The molecule has 0 fully saturated rings. The Balaban J connectivity index is 1.80. The summed E-state index contributed by atoms with van der Waals surface area (Å²) in [5.74, 6) is 0.0397. The highest BCUT2D eigenvalue weighted by Crippen LogP contribution is 2.17. The third-order valence-corrected chi connectivity index (χ3v) is 4.26. The van der Waals surface area contributed by atoms with E-state index < -0.39 is 6.10 Å². The summed E-state index contributed by atoms with van der Waals surface area (Å²) in [6.45, 7) is 2.39. The van der Waals surface area contributed by atoms with Gasteiger partial charge in [0.25, 0.3) is 0 Å². The van der Waals surface area contributed by atoms with Crippen LogP contribution in [0.2, 0.25) is 0 Å². The SMILES string of the molecule is Cc1ccccc1C(=O)[C@H](Cc1ccccc1)OCc1ccccc1. The number of carbonyl (C=O) groups is 1. The molecule has 0 aromatic heterocycles. The number of hydrogen-bond acceptors (Lipinski definition) is 2. The molecule has 3 aromatic carbocycles. The van der Waals surface area contributed by atoms with Crippen LogP contribution in [-0.2, 0) is 17.8 Å². The lowest BCUT2D eigenvalue weighted by atomic mass is 9.97. The lowest BCUT2D eigenvalue weighted by Crippen LogP contribution is -2.27. The van der Waals surface area contributed by atoms with Gasteiger partial charge < -0.3 is 4.74 Å². The Labute approximate surface area is 149 Å². The van der Waals surface area contributed by atoms with Crippen molar-refractivity contribution in [3.05, 3.63) is 107 Å². The predicted octanol–water partition coefficient (Wildman–Crippen LogP) is 5.01.